The number of carbonyl (C=O) groups is 3. The number of hydrogen-bond donors (Lipinski definition) is 2. The number of likely N-dealkylation sites (tertiary alicyclic amines) is 1. The number of ketones is 1. The molecule has 2 aliphatic heterocycles. The lowest BCUT2D eigenvalue weighted by Gasteiger charge is -2.46. The van der Waals surface area contributed by atoms with Gasteiger partial charge in [-0.3, -0.25) is 23.6 Å². The fraction of sp³-hybridized carbons (Fsp3) is 0.379. The number of nitrogens with zero attached hydrogens (tertiary/aromatic N) is 4. The molecule has 0 aromatic heterocycles. The van der Waals surface area contributed by atoms with Crippen molar-refractivity contribution in [1.82, 2.24) is 9.80 Å². The molecule has 43 heavy (non-hydrogen) atoms. The number of hydrogen-bond acceptors (Lipinski definition) is 6. The van der Waals surface area contributed by atoms with Gasteiger partial charge in [-0.2, -0.15) is 29.0 Å². The number of amides is 3. The summed E-state index contributed by atoms with van der Waals surface area (Å²) >= 11 is 0. The summed E-state index contributed by atoms with van der Waals surface area (Å²) < 4.78 is 76.4. The lowest BCUT2D eigenvalue weighted by molar-refractivity contribution is -0.137. The van der Waals surface area contributed by atoms with Gasteiger partial charge in [0, 0.05) is 36.1 Å². The number of benzene rings is 2. The molecule has 2 aromatic carbocycles. The second-order valence-corrected chi connectivity index (χ2v) is 12.9. The van der Waals surface area contributed by atoms with Crippen LogP contribution in [0.2, 0.25) is 0 Å². The number of alkyl halides is 4. The van der Waals surface area contributed by atoms with Gasteiger partial charge < -0.3 is 9.80 Å². The van der Waals surface area contributed by atoms with Crippen LogP contribution in [-0.4, -0.2) is 68.7 Å². The van der Waals surface area contributed by atoms with E-state index in [1.54, 1.807) is 0 Å². The van der Waals surface area contributed by atoms with E-state index in [2.05, 4.69) is 0 Å². The van der Waals surface area contributed by atoms with E-state index in [1.165, 1.54) is 29.2 Å². The lowest BCUT2D eigenvalue weighted by atomic mass is 9.83. The van der Waals surface area contributed by atoms with Crippen molar-refractivity contribution in [1.29, 1.82) is 5.26 Å². The van der Waals surface area contributed by atoms with Crippen LogP contribution in [0.3, 0.4) is 0 Å². The van der Waals surface area contributed by atoms with Crippen LogP contribution < -0.4 is 4.90 Å². The Morgan fingerprint density at radius 1 is 1.14 bits per heavy atom. The standard InChI is InChI=1S/C29H28F4N4O5S/c1-43(41,42)24-12-17(14-34)8-9-21(24)27-26-22(6-3-7-23(26)38)37(20-5-2-4-18(13-20)29(31,32)33)28(40)36(27)16-25(39)35-11-10-19(30)15-35/h2,4-5,8-9,12-13,19,27,41-42H,3,6-7,10-11,15-16H2,1H3. The van der Waals surface area contributed by atoms with Gasteiger partial charge in [0.2, 0.25) is 5.91 Å². The summed E-state index contributed by atoms with van der Waals surface area (Å²) in [6.07, 6.45) is -4.27. The molecule has 5 rings (SSSR count). The molecular formula is C29H28F4N4O5S. The third-order valence-corrected chi connectivity index (χ3v) is 8.98. The lowest BCUT2D eigenvalue weighted by Crippen LogP contribution is -2.55. The van der Waals surface area contributed by atoms with E-state index < -0.39 is 58.8 Å². The zero-order chi connectivity index (χ0) is 31.3. The molecule has 14 heteroatoms. The van der Waals surface area contributed by atoms with Gasteiger partial charge in [0.15, 0.2) is 5.78 Å². The molecule has 0 saturated carbocycles. The second kappa shape index (κ2) is 11.3. The zero-order valence-electron chi connectivity index (χ0n) is 23.0. The van der Waals surface area contributed by atoms with Gasteiger partial charge in [-0.15, -0.1) is 0 Å². The van der Waals surface area contributed by atoms with Gasteiger partial charge in [-0.25, -0.2) is 9.18 Å². The molecule has 9 nitrogen and oxygen atoms in total. The number of rotatable bonds is 5. The maximum atomic E-state index is 14.3. The minimum atomic E-state index is -4.72. The van der Waals surface area contributed by atoms with Crippen LogP contribution in [0.4, 0.5) is 28.0 Å². The summed E-state index contributed by atoms with van der Waals surface area (Å²) in [4.78, 5) is 44.5. The molecule has 2 N–H and O–H groups in total. The minimum Gasteiger partial charge on any atom is -0.338 e. The van der Waals surface area contributed by atoms with E-state index in [-0.39, 0.29) is 65.3 Å². The summed E-state index contributed by atoms with van der Waals surface area (Å²) in [5, 5.41) is 9.46. The first-order chi connectivity index (χ1) is 20.2. The molecule has 3 amide bonds. The highest BCUT2D eigenvalue weighted by atomic mass is 32.3. The minimum absolute atomic E-state index is 0.0236. The summed E-state index contributed by atoms with van der Waals surface area (Å²) in [7, 11) is -3.56. The Morgan fingerprint density at radius 3 is 2.51 bits per heavy atom. The third-order valence-electron chi connectivity index (χ3n) is 7.80. The van der Waals surface area contributed by atoms with Crippen LogP contribution in [0, 0.1) is 11.3 Å². The molecule has 1 fully saturated rings. The molecule has 0 spiro atoms. The Hall–Kier alpha value is -3.93. The Bertz CT molecular complexity index is 1570. The Morgan fingerprint density at radius 2 is 1.88 bits per heavy atom. The number of carbonyl (C=O) groups excluding carboxylic acids is 3. The maximum Gasteiger partial charge on any atom is 0.416 e. The predicted octanol–water partition coefficient (Wildman–Crippen LogP) is 5.88. The van der Waals surface area contributed by atoms with Crippen molar-refractivity contribution in [3.63, 3.8) is 0 Å². The maximum absolute atomic E-state index is 14.3. The van der Waals surface area contributed by atoms with Gasteiger partial charge in [0.05, 0.1) is 40.4 Å². The van der Waals surface area contributed by atoms with E-state index in [0.29, 0.717) is 6.42 Å². The third kappa shape index (κ3) is 5.84. The van der Waals surface area contributed by atoms with Gasteiger partial charge >= 0.3 is 12.2 Å². The number of anilines is 1. The molecule has 0 bridgehead atoms. The fourth-order valence-corrected chi connectivity index (χ4v) is 6.80. The van der Waals surface area contributed by atoms with Crippen LogP contribution in [0.5, 0.6) is 0 Å². The number of Topliss-reactive ketones (excluding diaryl/α,β-unsaturated/α-hetero) is 1. The molecule has 1 aliphatic carbocycles. The molecule has 2 atom stereocenters. The van der Waals surface area contributed by atoms with E-state index >= 15 is 0 Å². The molecule has 2 unspecified atom stereocenters. The van der Waals surface area contributed by atoms with E-state index in [9.17, 15) is 46.3 Å². The predicted molar refractivity (Wildman–Crippen MR) is 149 cm³/mol. The Labute approximate surface area is 246 Å². The SMILES string of the molecule is CS(O)(O)c1cc(C#N)ccc1C1C2=C(CCCC2=O)N(c2cccc(C(F)(F)F)c2)C(=O)N1CC(=O)N1CCC(F)C1. The Balaban J connectivity index is 1.74. The van der Waals surface area contributed by atoms with Gasteiger partial charge in [0.1, 0.15) is 12.7 Å². The average molecular weight is 621 g/mol. The first-order valence-electron chi connectivity index (χ1n) is 13.4. The zero-order valence-corrected chi connectivity index (χ0v) is 23.8. The number of urea groups is 1. The van der Waals surface area contributed by atoms with Crippen molar-refractivity contribution in [2.75, 3.05) is 30.8 Å². The van der Waals surface area contributed by atoms with Crippen molar-refractivity contribution < 1.29 is 41.1 Å². The number of halogens is 4. The molecule has 0 radical (unpaired) electrons. The number of allylic oxidation sites excluding steroid dienone is 1. The topological polar surface area (TPSA) is 125 Å². The van der Waals surface area contributed by atoms with Crippen LogP contribution in [0.15, 0.2) is 58.6 Å². The van der Waals surface area contributed by atoms with Crippen molar-refractivity contribution in [3.8, 4) is 6.07 Å². The van der Waals surface area contributed by atoms with Crippen LogP contribution in [-0.2, 0) is 15.8 Å². The highest BCUT2D eigenvalue weighted by Crippen LogP contribution is 2.52. The normalized spacial score (nSPS) is 21.7. The molecule has 228 valence electrons. The molecule has 2 aromatic rings. The second-order valence-electron chi connectivity index (χ2n) is 10.8. The first kappa shape index (κ1) is 30.5. The van der Waals surface area contributed by atoms with Crippen LogP contribution >= 0.6 is 10.6 Å². The smallest absolute Gasteiger partial charge is 0.338 e. The van der Waals surface area contributed by atoms with Gasteiger partial charge in [-0.05, 0) is 49.6 Å². The molecule has 2 heterocycles. The van der Waals surface area contributed by atoms with Gasteiger partial charge in [-0.1, -0.05) is 12.1 Å². The summed E-state index contributed by atoms with van der Waals surface area (Å²) in [6, 6.07) is 7.70. The monoisotopic (exact) mass is 620 g/mol. The van der Waals surface area contributed by atoms with Crippen LogP contribution in [0.1, 0.15) is 48.4 Å². The molecular weight excluding hydrogens is 592 g/mol. The molecule has 1 saturated heterocycles. The van der Waals surface area contributed by atoms with E-state index in [1.807, 2.05) is 6.07 Å². The highest BCUT2D eigenvalue weighted by Gasteiger charge is 2.47. The van der Waals surface area contributed by atoms with Gasteiger partial charge in [0.25, 0.3) is 0 Å². The van der Waals surface area contributed by atoms with Crippen molar-refractivity contribution in [3.05, 3.63) is 70.4 Å². The van der Waals surface area contributed by atoms with E-state index in [0.717, 1.165) is 34.3 Å². The largest absolute Gasteiger partial charge is 0.416 e. The van der Waals surface area contributed by atoms with Crippen molar-refractivity contribution >= 4 is 34.0 Å². The Kier molecular flexibility index (Phi) is 8.02. The summed E-state index contributed by atoms with van der Waals surface area (Å²) in [6.45, 7) is -0.778. The highest BCUT2D eigenvalue weighted by molar-refractivity contribution is 8.23. The number of nitriles is 1. The fourth-order valence-electron chi connectivity index (χ4n) is 5.82. The van der Waals surface area contributed by atoms with Crippen molar-refractivity contribution in [2.24, 2.45) is 0 Å². The average Bonchev–Trinajstić information content (AvgIpc) is 3.39. The first-order valence-corrected chi connectivity index (χ1v) is 15.4. The van der Waals surface area contributed by atoms with Crippen molar-refractivity contribution in [2.45, 2.75) is 49.0 Å². The molecule has 3 aliphatic rings. The summed E-state index contributed by atoms with van der Waals surface area (Å²) in [5.41, 5.74) is -0.863. The van der Waals surface area contributed by atoms with E-state index in [4.69, 9.17) is 0 Å². The summed E-state index contributed by atoms with van der Waals surface area (Å²) in [5.74, 6) is -1.07. The quantitative estimate of drug-likeness (QED) is 0.403. The van der Waals surface area contributed by atoms with Crippen LogP contribution in [0.25, 0.3) is 0 Å².